The molecule has 0 aromatic heterocycles. The number of ether oxygens (including phenoxy) is 1. The van der Waals surface area contributed by atoms with Gasteiger partial charge in [0.1, 0.15) is 5.75 Å². The Morgan fingerprint density at radius 1 is 1.44 bits per heavy atom. The molecule has 0 atom stereocenters. The maximum absolute atomic E-state index is 11.2. The Hall–Kier alpha value is -1.02. The van der Waals surface area contributed by atoms with Gasteiger partial charge in [-0.3, -0.25) is 4.79 Å². The third kappa shape index (κ3) is 3.53. The number of benzene rings is 1. The Labute approximate surface area is 102 Å². The van der Waals surface area contributed by atoms with E-state index in [9.17, 15) is 4.79 Å². The van der Waals surface area contributed by atoms with Crippen molar-refractivity contribution in [1.29, 1.82) is 0 Å². The molecule has 0 spiro atoms. The molecule has 0 bridgehead atoms. The topological polar surface area (TPSA) is 26.3 Å². The Bertz CT molecular complexity index is 372. The molecule has 0 amide bonds. The maximum atomic E-state index is 11.2. The predicted octanol–water partition coefficient (Wildman–Crippen LogP) is 3.85. The van der Waals surface area contributed by atoms with Crippen LogP contribution in [0.25, 0.3) is 0 Å². The van der Waals surface area contributed by atoms with Crippen LogP contribution in [0, 0.1) is 5.92 Å². The van der Waals surface area contributed by atoms with Gasteiger partial charge in [0.25, 0.3) is 0 Å². The smallest absolute Gasteiger partial charge is 0.310 e. The summed E-state index contributed by atoms with van der Waals surface area (Å²) >= 11 is 6.18. The second-order valence-electron chi connectivity index (χ2n) is 4.15. The van der Waals surface area contributed by atoms with Gasteiger partial charge in [0, 0.05) is 6.42 Å². The molecule has 0 saturated carbocycles. The van der Waals surface area contributed by atoms with Gasteiger partial charge in [-0.1, -0.05) is 44.5 Å². The number of hydrogen-bond acceptors (Lipinski definition) is 2. The summed E-state index contributed by atoms with van der Waals surface area (Å²) in [6, 6.07) is 5.55. The number of rotatable bonds is 4. The fraction of sp³-hybridized carbons (Fsp3) is 0.462. The Morgan fingerprint density at radius 3 is 2.69 bits per heavy atom. The first kappa shape index (κ1) is 13.0. The van der Waals surface area contributed by atoms with Crippen LogP contribution in [0.4, 0.5) is 0 Å². The van der Waals surface area contributed by atoms with Crippen LogP contribution in [0.5, 0.6) is 5.75 Å². The third-order valence-corrected chi connectivity index (χ3v) is 2.61. The molecule has 0 aliphatic heterocycles. The molecule has 3 heteroatoms. The van der Waals surface area contributed by atoms with Crippen LogP contribution < -0.4 is 4.74 Å². The van der Waals surface area contributed by atoms with Gasteiger partial charge in [0.05, 0.1) is 5.02 Å². The maximum Gasteiger partial charge on any atom is 0.310 e. The zero-order valence-corrected chi connectivity index (χ0v) is 10.7. The molecule has 1 rings (SSSR count). The van der Waals surface area contributed by atoms with E-state index in [0.29, 0.717) is 23.1 Å². The van der Waals surface area contributed by atoms with E-state index < -0.39 is 0 Å². The van der Waals surface area contributed by atoms with Crippen molar-refractivity contribution in [3.05, 3.63) is 28.8 Å². The van der Waals surface area contributed by atoms with E-state index in [2.05, 4.69) is 13.8 Å². The highest BCUT2D eigenvalue weighted by molar-refractivity contribution is 6.33. The highest BCUT2D eigenvalue weighted by Crippen LogP contribution is 2.29. The minimum Gasteiger partial charge on any atom is -0.425 e. The minimum atomic E-state index is -0.261. The number of carbonyl (C=O) groups is 1. The largest absolute Gasteiger partial charge is 0.425 e. The molecule has 0 saturated heterocycles. The van der Waals surface area contributed by atoms with Crippen molar-refractivity contribution >= 4 is 17.6 Å². The number of esters is 1. The molecule has 1 aromatic carbocycles. The lowest BCUT2D eigenvalue weighted by Crippen LogP contribution is -2.06. The van der Waals surface area contributed by atoms with Crippen LogP contribution in [-0.4, -0.2) is 5.97 Å². The van der Waals surface area contributed by atoms with Crippen LogP contribution in [0.3, 0.4) is 0 Å². The average Bonchev–Trinajstić information content (AvgIpc) is 2.23. The fourth-order valence-corrected chi connectivity index (χ4v) is 1.67. The van der Waals surface area contributed by atoms with E-state index in [1.165, 1.54) is 0 Å². The summed E-state index contributed by atoms with van der Waals surface area (Å²) in [6.45, 7) is 6.01. The van der Waals surface area contributed by atoms with Crippen molar-refractivity contribution in [3.8, 4) is 5.75 Å². The van der Waals surface area contributed by atoms with Crippen molar-refractivity contribution in [2.45, 2.75) is 33.6 Å². The van der Waals surface area contributed by atoms with E-state index in [4.69, 9.17) is 16.3 Å². The standard InChI is InChI=1S/C13H17ClO2/c1-4-12(15)16-11-7-5-6-10(13(11)14)8-9(2)3/h5-7,9H,4,8H2,1-3H3. The molecule has 2 nitrogen and oxygen atoms in total. The summed E-state index contributed by atoms with van der Waals surface area (Å²) in [6.07, 6.45) is 1.24. The Balaban J connectivity index is 2.90. The zero-order chi connectivity index (χ0) is 12.1. The van der Waals surface area contributed by atoms with Crippen LogP contribution in [0.2, 0.25) is 5.02 Å². The Kier molecular flexibility index (Phi) is 4.81. The molecular formula is C13H17ClO2. The molecule has 0 heterocycles. The van der Waals surface area contributed by atoms with Gasteiger partial charge < -0.3 is 4.74 Å². The van der Waals surface area contributed by atoms with E-state index in [1.54, 1.807) is 13.0 Å². The lowest BCUT2D eigenvalue weighted by Gasteiger charge is -2.11. The van der Waals surface area contributed by atoms with Gasteiger partial charge in [0.2, 0.25) is 0 Å². The van der Waals surface area contributed by atoms with Crippen LogP contribution >= 0.6 is 11.6 Å². The summed E-state index contributed by atoms with van der Waals surface area (Å²) in [5, 5.41) is 0.554. The van der Waals surface area contributed by atoms with Crippen LogP contribution in [0.15, 0.2) is 18.2 Å². The summed E-state index contributed by atoms with van der Waals surface area (Å²) in [7, 11) is 0. The summed E-state index contributed by atoms with van der Waals surface area (Å²) in [5.74, 6) is 0.727. The van der Waals surface area contributed by atoms with E-state index in [1.807, 2.05) is 12.1 Å². The van der Waals surface area contributed by atoms with Crippen molar-refractivity contribution in [2.75, 3.05) is 0 Å². The second kappa shape index (κ2) is 5.90. The molecule has 88 valence electrons. The zero-order valence-electron chi connectivity index (χ0n) is 9.92. The van der Waals surface area contributed by atoms with Crippen LogP contribution in [-0.2, 0) is 11.2 Å². The van der Waals surface area contributed by atoms with Crippen molar-refractivity contribution in [1.82, 2.24) is 0 Å². The molecule has 0 fully saturated rings. The normalized spacial score (nSPS) is 10.6. The molecule has 0 radical (unpaired) electrons. The first-order valence-corrected chi connectivity index (χ1v) is 5.90. The summed E-state index contributed by atoms with van der Waals surface area (Å²) in [5.41, 5.74) is 1.03. The third-order valence-electron chi connectivity index (χ3n) is 2.18. The summed E-state index contributed by atoms with van der Waals surface area (Å²) < 4.78 is 5.15. The SMILES string of the molecule is CCC(=O)Oc1cccc(CC(C)C)c1Cl. The molecule has 0 aliphatic rings. The van der Waals surface area contributed by atoms with Gasteiger partial charge in [-0.05, 0) is 24.0 Å². The molecule has 0 unspecified atom stereocenters. The predicted molar refractivity (Wildman–Crippen MR) is 65.9 cm³/mol. The number of hydrogen-bond donors (Lipinski definition) is 0. The highest BCUT2D eigenvalue weighted by atomic mass is 35.5. The van der Waals surface area contributed by atoms with Gasteiger partial charge in [0.15, 0.2) is 0 Å². The van der Waals surface area contributed by atoms with E-state index in [-0.39, 0.29) is 5.97 Å². The van der Waals surface area contributed by atoms with Crippen molar-refractivity contribution < 1.29 is 9.53 Å². The molecular weight excluding hydrogens is 224 g/mol. The van der Waals surface area contributed by atoms with Crippen LogP contribution in [0.1, 0.15) is 32.8 Å². The molecule has 0 aliphatic carbocycles. The number of halogens is 1. The molecule has 1 aromatic rings. The quantitative estimate of drug-likeness (QED) is 0.590. The highest BCUT2D eigenvalue weighted by Gasteiger charge is 2.11. The lowest BCUT2D eigenvalue weighted by molar-refractivity contribution is -0.134. The van der Waals surface area contributed by atoms with E-state index in [0.717, 1.165) is 12.0 Å². The van der Waals surface area contributed by atoms with Crippen molar-refractivity contribution in [2.24, 2.45) is 5.92 Å². The minimum absolute atomic E-state index is 0.261. The first-order chi connectivity index (χ1) is 7.54. The van der Waals surface area contributed by atoms with Crippen molar-refractivity contribution in [3.63, 3.8) is 0 Å². The second-order valence-corrected chi connectivity index (χ2v) is 4.53. The van der Waals surface area contributed by atoms with Gasteiger partial charge in [-0.25, -0.2) is 0 Å². The number of carbonyl (C=O) groups excluding carboxylic acids is 1. The van der Waals surface area contributed by atoms with Gasteiger partial charge >= 0.3 is 5.97 Å². The average molecular weight is 241 g/mol. The van der Waals surface area contributed by atoms with Gasteiger partial charge in [-0.15, -0.1) is 0 Å². The summed E-state index contributed by atoms with van der Waals surface area (Å²) in [4.78, 5) is 11.2. The fourth-order valence-electron chi connectivity index (χ4n) is 1.43. The Morgan fingerprint density at radius 2 is 2.12 bits per heavy atom. The molecule has 0 N–H and O–H groups in total. The first-order valence-electron chi connectivity index (χ1n) is 5.52. The van der Waals surface area contributed by atoms with Gasteiger partial charge in [-0.2, -0.15) is 0 Å². The lowest BCUT2D eigenvalue weighted by atomic mass is 10.0. The monoisotopic (exact) mass is 240 g/mol. The van der Waals surface area contributed by atoms with E-state index >= 15 is 0 Å². The molecule has 16 heavy (non-hydrogen) atoms.